The number of thioether (sulfide) groups is 1. The zero-order valence-electron chi connectivity index (χ0n) is 11.0. The van der Waals surface area contributed by atoms with E-state index in [0.717, 1.165) is 12.3 Å². The lowest BCUT2D eigenvalue weighted by molar-refractivity contribution is 0.405. The second kappa shape index (κ2) is 8.43. The first-order valence-corrected chi connectivity index (χ1v) is 7.36. The number of hydrogen-bond acceptors (Lipinski definition) is 3. The van der Waals surface area contributed by atoms with E-state index in [1.54, 1.807) is 7.11 Å². The maximum Gasteiger partial charge on any atom is 0.123 e. The van der Waals surface area contributed by atoms with Gasteiger partial charge in [-0.15, -0.1) is 0 Å². The lowest BCUT2D eigenvalue weighted by Gasteiger charge is -2.15. The van der Waals surface area contributed by atoms with Crippen molar-refractivity contribution >= 4 is 11.8 Å². The van der Waals surface area contributed by atoms with Gasteiger partial charge < -0.3 is 10.1 Å². The van der Waals surface area contributed by atoms with Gasteiger partial charge in [0.25, 0.3) is 0 Å². The van der Waals surface area contributed by atoms with Gasteiger partial charge in [0.05, 0.1) is 7.11 Å². The van der Waals surface area contributed by atoms with Crippen LogP contribution in [0.3, 0.4) is 0 Å². The molecule has 1 aromatic rings. The molecular weight excluding hydrogens is 230 g/mol. The fourth-order valence-electron chi connectivity index (χ4n) is 1.64. The molecule has 0 saturated carbocycles. The molecule has 0 aromatic heterocycles. The molecule has 96 valence electrons. The first-order valence-electron chi connectivity index (χ1n) is 6.21. The molecule has 1 rings (SSSR count). The standard InChI is InChI=1S/C14H23NOS/c1-4-17-10-9-12(2)15-11-13-7-5-6-8-14(13)16-3/h5-8,12,15H,4,9-11H2,1-3H3. The van der Waals surface area contributed by atoms with Crippen molar-refractivity contribution in [2.45, 2.75) is 32.9 Å². The normalized spacial score (nSPS) is 12.4. The van der Waals surface area contributed by atoms with Gasteiger partial charge in [-0.1, -0.05) is 25.1 Å². The molecule has 0 spiro atoms. The number of benzene rings is 1. The summed E-state index contributed by atoms with van der Waals surface area (Å²) in [7, 11) is 1.72. The number of nitrogens with one attached hydrogen (secondary N) is 1. The largest absolute Gasteiger partial charge is 0.496 e. The zero-order chi connectivity index (χ0) is 12.5. The SMILES string of the molecule is CCSCCC(C)NCc1ccccc1OC. The maximum absolute atomic E-state index is 5.33. The van der Waals surface area contributed by atoms with Crippen LogP contribution in [0.15, 0.2) is 24.3 Å². The Morgan fingerprint density at radius 2 is 2.12 bits per heavy atom. The fraction of sp³-hybridized carbons (Fsp3) is 0.571. The Kier molecular flexibility index (Phi) is 7.13. The van der Waals surface area contributed by atoms with Gasteiger partial charge in [0, 0.05) is 18.2 Å². The second-order valence-corrected chi connectivity index (χ2v) is 5.47. The molecule has 0 aliphatic carbocycles. The molecule has 0 heterocycles. The van der Waals surface area contributed by atoms with Crippen LogP contribution in [0.4, 0.5) is 0 Å². The summed E-state index contributed by atoms with van der Waals surface area (Å²) < 4.78 is 5.33. The molecule has 0 aliphatic heterocycles. The highest BCUT2D eigenvalue weighted by molar-refractivity contribution is 7.99. The van der Waals surface area contributed by atoms with Crippen molar-refractivity contribution in [1.82, 2.24) is 5.32 Å². The summed E-state index contributed by atoms with van der Waals surface area (Å²) >= 11 is 2.00. The van der Waals surface area contributed by atoms with E-state index in [2.05, 4.69) is 31.3 Å². The van der Waals surface area contributed by atoms with Crippen molar-refractivity contribution in [2.24, 2.45) is 0 Å². The van der Waals surface area contributed by atoms with Gasteiger partial charge in [0.1, 0.15) is 5.75 Å². The summed E-state index contributed by atoms with van der Waals surface area (Å²) in [5, 5.41) is 3.54. The van der Waals surface area contributed by atoms with Crippen molar-refractivity contribution in [2.75, 3.05) is 18.6 Å². The summed E-state index contributed by atoms with van der Waals surface area (Å²) in [6.07, 6.45) is 1.22. The molecule has 1 aromatic carbocycles. The second-order valence-electron chi connectivity index (χ2n) is 4.08. The minimum atomic E-state index is 0.555. The molecule has 0 aliphatic rings. The van der Waals surface area contributed by atoms with Gasteiger partial charge in [-0.3, -0.25) is 0 Å². The highest BCUT2D eigenvalue weighted by Gasteiger charge is 2.04. The highest BCUT2D eigenvalue weighted by Crippen LogP contribution is 2.17. The molecular formula is C14H23NOS. The lowest BCUT2D eigenvalue weighted by Crippen LogP contribution is -2.26. The van der Waals surface area contributed by atoms with E-state index in [0.29, 0.717) is 6.04 Å². The first kappa shape index (κ1) is 14.4. The Morgan fingerprint density at radius 3 is 2.82 bits per heavy atom. The molecule has 0 radical (unpaired) electrons. The average Bonchev–Trinajstić information content (AvgIpc) is 2.37. The van der Waals surface area contributed by atoms with Crippen molar-refractivity contribution in [1.29, 1.82) is 0 Å². The van der Waals surface area contributed by atoms with E-state index < -0.39 is 0 Å². The van der Waals surface area contributed by atoms with E-state index in [1.165, 1.54) is 23.5 Å². The van der Waals surface area contributed by atoms with Gasteiger partial charge in [0.2, 0.25) is 0 Å². The first-order chi connectivity index (χ1) is 8.27. The van der Waals surface area contributed by atoms with E-state index in [4.69, 9.17) is 4.74 Å². The topological polar surface area (TPSA) is 21.3 Å². The van der Waals surface area contributed by atoms with Crippen LogP contribution in [0.25, 0.3) is 0 Å². The predicted molar refractivity (Wildman–Crippen MR) is 76.9 cm³/mol. The summed E-state index contributed by atoms with van der Waals surface area (Å²) in [5.41, 5.74) is 1.23. The summed E-state index contributed by atoms with van der Waals surface area (Å²) in [5.74, 6) is 3.41. The summed E-state index contributed by atoms with van der Waals surface area (Å²) in [6, 6.07) is 8.73. The molecule has 1 unspecified atom stereocenters. The molecule has 1 N–H and O–H groups in total. The van der Waals surface area contributed by atoms with E-state index in [1.807, 2.05) is 23.9 Å². The fourth-order valence-corrected chi connectivity index (χ4v) is 2.45. The Hall–Kier alpha value is -0.670. The third-order valence-electron chi connectivity index (χ3n) is 2.73. The van der Waals surface area contributed by atoms with Gasteiger partial charge in [-0.05, 0) is 30.9 Å². The third kappa shape index (κ3) is 5.46. The van der Waals surface area contributed by atoms with E-state index >= 15 is 0 Å². The Morgan fingerprint density at radius 1 is 1.35 bits per heavy atom. The minimum Gasteiger partial charge on any atom is -0.496 e. The van der Waals surface area contributed by atoms with Crippen molar-refractivity contribution in [3.63, 3.8) is 0 Å². The molecule has 0 amide bonds. The minimum absolute atomic E-state index is 0.555. The van der Waals surface area contributed by atoms with Crippen molar-refractivity contribution < 1.29 is 4.74 Å². The molecule has 2 nitrogen and oxygen atoms in total. The van der Waals surface area contributed by atoms with Gasteiger partial charge >= 0.3 is 0 Å². The molecule has 1 atom stereocenters. The molecule has 3 heteroatoms. The monoisotopic (exact) mass is 253 g/mol. The lowest BCUT2D eigenvalue weighted by atomic mass is 10.2. The Labute approximate surface area is 109 Å². The average molecular weight is 253 g/mol. The van der Waals surface area contributed by atoms with Crippen molar-refractivity contribution in [3.8, 4) is 5.75 Å². The molecule has 0 bridgehead atoms. The van der Waals surface area contributed by atoms with E-state index in [-0.39, 0.29) is 0 Å². The number of hydrogen-bond donors (Lipinski definition) is 1. The maximum atomic E-state index is 5.33. The number of methoxy groups -OCH3 is 1. The van der Waals surface area contributed by atoms with Crippen LogP contribution in [0.1, 0.15) is 25.8 Å². The van der Waals surface area contributed by atoms with E-state index in [9.17, 15) is 0 Å². The predicted octanol–water partition coefficient (Wildman–Crippen LogP) is 3.32. The quantitative estimate of drug-likeness (QED) is 0.718. The molecule has 0 fully saturated rings. The molecule has 17 heavy (non-hydrogen) atoms. The Bertz CT molecular complexity index is 317. The van der Waals surface area contributed by atoms with Gasteiger partial charge in [-0.2, -0.15) is 11.8 Å². The van der Waals surface area contributed by atoms with Crippen LogP contribution in [-0.4, -0.2) is 24.7 Å². The van der Waals surface area contributed by atoms with Crippen LogP contribution in [-0.2, 0) is 6.54 Å². The summed E-state index contributed by atoms with van der Waals surface area (Å²) in [4.78, 5) is 0. The van der Waals surface area contributed by atoms with Crippen LogP contribution in [0, 0.1) is 0 Å². The van der Waals surface area contributed by atoms with Gasteiger partial charge in [-0.25, -0.2) is 0 Å². The smallest absolute Gasteiger partial charge is 0.123 e. The number of para-hydroxylation sites is 1. The van der Waals surface area contributed by atoms with Crippen LogP contribution in [0.2, 0.25) is 0 Å². The van der Waals surface area contributed by atoms with Crippen molar-refractivity contribution in [3.05, 3.63) is 29.8 Å². The molecule has 0 saturated heterocycles. The highest BCUT2D eigenvalue weighted by atomic mass is 32.2. The summed E-state index contributed by atoms with van der Waals surface area (Å²) in [6.45, 7) is 5.32. The Balaban J connectivity index is 2.33. The van der Waals surface area contributed by atoms with Crippen LogP contribution >= 0.6 is 11.8 Å². The third-order valence-corrected chi connectivity index (χ3v) is 3.67. The van der Waals surface area contributed by atoms with Gasteiger partial charge in [0.15, 0.2) is 0 Å². The zero-order valence-corrected chi connectivity index (χ0v) is 11.8. The van der Waals surface area contributed by atoms with Crippen LogP contribution in [0.5, 0.6) is 5.75 Å². The number of ether oxygens (including phenoxy) is 1. The van der Waals surface area contributed by atoms with Crippen LogP contribution < -0.4 is 10.1 Å². The number of rotatable bonds is 8.